The third kappa shape index (κ3) is 4.70. The molecule has 4 N–H and O–H groups in total. The fraction of sp³-hybridized carbons (Fsp3) is 0.300. The van der Waals surface area contributed by atoms with Gasteiger partial charge in [-0.25, -0.2) is 19.2 Å². The van der Waals surface area contributed by atoms with Crippen molar-refractivity contribution in [1.29, 1.82) is 0 Å². The fourth-order valence-electron chi connectivity index (χ4n) is 3.70. The molecule has 3 heterocycles. The summed E-state index contributed by atoms with van der Waals surface area (Å²) in [5, 5.41) is 9.62. The number of carbonyl (C=O) groups excluding carboxylic acids is 1. The van der Waals surface area contributed by atoms with E-state index in [0.717, 1.165) is 11.6 Å². The summed E-state index contributed by atoms with van der Waals surface area (Å²) in [5.41, 5.74) is 3.37. The predicted octanol–water partition coefficient (Wildman–Crippen LogP) is 3.05. The third-order valence-electron chi connectivity index (χ3n) is 5.40. The van der Waals surface area contributed by atoms with Crippen molar-refractivity contribution in [2.75, 3.05) is 24.6 Å². The van der Waals surface area contributed by atoms with E-state index in [1.807, 2.05) is 6.20 Å². The molecule has 0 bridgehead atoms. The van der Waals surface area contributed by atoms with E-state index in [9.17, 15) is 22.7 Å². The summed E-state index contributed by atoms with van der Waals surface area (Å²) < 4.78 is 48.9. The van der Waals surface area contributed by atoms with Crippen LogP contribution in [0, 0.1) is 11.6 Å². The Labute approximate surface area is 178 Å². The molecule has 2 aromatic heterocycles. The van der Waals surface area contributed by atoms with Gasteiger partial charge in [0, 0.05) is 42.8 Å². The summed E-state index contributed by atoms with van der Waals surface area (Å²) in [5.74, 6) is -1.47. The number of aromatic nitrogens is 2. The van der Waals surface area contributed by atoms with Gasteiger partial charge in [0.05, 0.1) is 29.8 Å². The molecule has 166 valence electrons. The molecule has 3 aromatic rings. The summed E-state index contributed by atoms with van der Waals surface area (Å²) in [4.78, 5) is 18.0. The van der Waals surface area contributed by atoms with Crippen LogP contribution in [0.4, 0.5) is 8.78 Å². The van der Waals surface area contributed by atoms with Gasteiger partial charge in [0.25, 0.3) is 5.91 Å². The number of nitrogens with zero attached hydrogens (tertiary/aromatic N) is 3. The lowest BCUT2D eigenvalue weighted by Crippen LogP contribution is -2.37. The zero-order valence-corrected chi connectivity index (χ0v) is 17.3. The van der Waals surface area contributed by atoms with Crippen LogP contribution in [0.3, 0.4) is 0 Å². The van der Waals surface area contributed by atoms with Crippen LogP contribution in [0.15, 0.2) is 36.7 Å². The summed E-state index contributed by atoms with van der Waals surface area (Å²) in [6.45, 7) is 1.64. The van der Waals surface area contributed by atoms with Crippen LogP contribution < -0.4 is 5.48 Å². The summed E-state index contributed by atoms with van der Waals surface area (Å²) in [6.07, 6.45) is 3.29. The van der Waals surface area contributed by atoms with Gasteiger partial charge in [-0.1, -0.05) is 6.07 Å². The van der Waals surface area contributed by atoms with Gasteiger partial charge in [0.15, 0.2) is 0 Å². The Morgan fingerprint density at radius 2 is 1.87 bits per heavy atom. The van der Waals surface area contributed by atoms with E-state index in [1.165, 1.54) is 18.3 Å². The number of hydrogen-bond acceptors (Lipinski definition) is 6. The number of amides is 1. The van der Waals surface area contributed by atoms with Crippen molar-refractivity contribution < 1.29 is 27.9 Å². The number of rotatable bonds is 5. The van der Waals surface area contributed by atoms with E-state index in [0.29, 0.717) is 47.6 Å². The second kappa shape index (κ2) is 8.52. The van der Waals surface area contributed by atoms with Gasteiger partial charge >= 0.3 is 0 Å². The largest absolute Gasteiger partial charge is 0.341 e. The summed E-state index contributed by atoms with van der Waals surface area (Å²) >= 11 is 0. The van der Waals surface area contributed by atoms with E-state index >= 15 is 0 Å². The SMILES string of the molecule is O=C(NO)c1cc2c(CN3CCS(O)(O)CC3)cn(Cc3ccc(F)cc3F)c2cn1. The van der Waals surface area contributed by atoms with Gasteiger partial charge in [0.2, 0.25) is 0 Å². The van der Waals surface area contributed by atoms with Gasteiger partial charge in [-0.2, -0.15) is 10.6 Å². The first-order valence-corrected chi connectivity index (χ1v) is 11.5. The standard InChI is InChI=1S/C20H22F2N4O4S/c21-15-2-1-13(17(22)7-15)11-26-12-14(10-25-3-5-31(29,30)6-4-25)16-8-18(20(27)24-28)23-9-19(16)26/h1-2,7-9,12,28-30H,3-6,10-11H2,(H,24,27). The maximum absolute atomic E-state index is 14.2. The Hall–Kier alpha value is -2.57. The molecule has 0 unspecified atom stereocenters. The smallest absolute Gasteiger partial charge is 0.293 e. The average Bonchev–Trinajstić information content (AvgIpc) is 3.07. The number of halogens is 2. The van der Waals surface area contributed by atoms with E-state index in [4.69, 9.17) is 5.21 Å². The van der Waals surface area contributed by atoms with E-state index in [2.05, 4.69) is 9.88 Å². The molecule has 0 radical (unpaired) electrons. The molecule has 0 aliphatic carbocycles. The molecule has 1 aromatic carbocycles. The number of benzene rings is 1. The Bertz CT molecular complexity index is 1130. The highest BCUT2D eigenvalue weighted by Gasteiger charge is 2.23. The number of carbonyl (C=O) groups is 1. The minimum atomic E-state index is -2.53. The molecule has 0 spiro atoms. The lowest BCUT2D eigenvalue weighted by molar-refractivity contribution is 0.0701. The Morgan fingerprint density at radius 3 is 2.55 bits per heavy atom. The topological polar surface area (TPSA) is 111 Å². The summed E-state index contributed by atoms with van der Waals surface area (Å²) in [6, 6.07) is 4.95. The van der Waals surface area contributed by atoms with Crippen molar-refractivity contribution >= 4 is 27.4 Å². The van der Waals surface area contributed by atoms with E-state index < -0.39 is 28.1 Å². The van der Waals surface area contributed by atoms with Crippen molar-refractivity contribution in [1.82, 2.24) is 19.9 Å². The van der Waals surface area contributed by atoms with Crippen LogP contribution in [-0.4, -0.2) is 59.3 Å². The second-order valence-electron chi connectivity index (χ2n) is 7.53. The first-order valence-electron chi connectivity index (χ1n) is 9.58. The molecule has 31 heavy (non-hydrogen) atoms. The molecule has 0 atom stereocenters. The number of pyridine rings is 1. The molecule has 8 nitrogen and oxygen atoms in total. The number of nitrogens with one attached hydrogen (secondary N) is 1. The van der Waals surface area contributed by atoms with Gasteiger partial charge in [-0.05, 0) is 17.7 Å². The molecule has 1 aliphatic heterocycles. The fourth-order valence-corrected chi connectivity index (χ4v) is 5.00. The average molecular weight is 452 g/mol. The highest BCUT2D eigenvalue weighted by atomic mass is 32.3. The van der Waals surface area contributed by atoms with Gasteiger partial charge in [0.1, 0.15) is 17.3 Å². The monoisotopic (exact) mass is 452 g/mol. The summed E-state index contributed by atoms with van der Waals surface area (Å²) in [7, 11) is -2.53. The zero-order chi connectivity index (χ0) is 22.2. The minimum Gasteiger partial charge on any atom is -0.341 e. The van der Waals surface area contributed by atoms with Crippen LogP contribution in [0.25, 0.3) is 10.9 Å². The molecule has 1 amide bonds. The van der Waals surface area contributed by atoms with Crippen molar-refractivity contribution in [3.05, 3.63) is 65.1 Å². The highest BCUT2D eigenvalue weighted by molar-refractivity contribution is 8.24. The van der Waals surface area contributed by atoms with Crippen molar-refractivity contribution in [2.45, 2.75) is 13.1 Å². The van der Waals surface area contributed by atoms with Crippen LogP contribution >= 0.6 is 10.6 Å². The van der Waals surface area contributed by atoms with E-state index in [1.54, 1.807) is 16.1 Å². The van der Waals surface area contributed by atoms with Crippen molar-refractivity contribution in [2.24, 2.45) is 0 Å². The highest BCUT2D eigenvalue weighted by Crippen LogP contribution is 2.40. The van der Waals surface area contributed by atoms with Crippen molar-refractivity contribution in [3.8, 4) is 0 Å². The van der Waals surface area contributed by atoms with Crippen LogP contribution in [0.2, 0.25) is 0 Å². The molecule has 0 saturated carbocycles. The first kappa shape index (κ1) is 21.7. The maximum Gasteiger partial charge on any atom is 0.293 e. The molecule has 1 aliphatic rings. The first-order chi connectivity index (χ1) is 14.8. The van der Waals surface area contributed by atoms with Gasteiger partial charge in [-0.3, -0.25) is 24.0 Å². The zero-order valence-electron chi connectivity index (χ0n) is 16.5. The normalized spacial score (nSPS) is 17.6. The number of hydroxylamine groups is 1. The van der Waals surface area contributed by atoms with Gasteiger partial charge in [-0.15, -0.1) is 0 Å². The Morgan fingerprint density at radius 1 is 1.13 bits per heavy atom. The van der Waals surface area contributed by atoms with Crippen molar-refractivity contribution in [3.63, 3.8) is 0 Å². The lowest BCUT2D eigenvalue weighted by atomic mass is 10.1. The third-order valence-corrected chi connectivity index (χ3v) is 7.08. The van der Waals surface area contributed by atoms with Crippen LogP contribution in [0.5, 0.6) is 0 Å². The quantitative estimate of drug-likeness (QED) is 0.350. The number of fused-ring (bicyclic) bond motifs is 1. The maximum atomic E-state index is 14.2. The van der Waals surface area contributed by atoms with Crippen LogP contribution in [0.1, 0.15) is 21.6 Å². The molecule has 1 saturated heterocycles. The molecule has 1 fully saturated rings. The molecule has 11 heteroatoms. The second-order valence-corrected chi connectivity index (χ2v) is 9.95. The Kier molecular flexibility index (Phi) is 5.95. The van der Waals surface area contributed by atoms with Crippen LogP contribution in [-0.2, 0) is 13.1 Å². The predicted molar refractivity (Wildman–Crippen MR) is 112 cm³/mol. The molecular formula is C20H22F2N4O4S. The van der Waals surface area contributed by atoms with Gasteiger partial charge < -0.3 is 4.57 Å². The molecular weight excluding hydrogens is 430 g/mol. The number of hydrogen-bond donors (Lipinski definition) is 4. The Balaban J connectivity index is 1.70. The molecule has 4 rings (SSSR count). The van der Waals surface area contributed by atoms with E-state index in [-0.39, 0.29) is 12.2 Å². The lowest BCUT2D eigenvalue weighted by Gasteiger charge is -2.40. The minimum absolute atomic E-state index is 0.0229.